The van der Waals surface area contributed by atoms with Gasteiger partial charge in [0.05, 0.1) is 0 Å². The zero-order chi connectivity index (χ0) is 17.1. The van der Waals surface area contributed by atoms with Crippen molar-refractivity contribution in [2.24, 2.45) is 0 Å². The molecule has 5 heteroatoms. The molecule has 0 fully saturated rings. The van der Waals surface area contributed by atoms with Gasteiger partial charge in [-0.1, -0.05) is 24.3 Å². The Balaban J connectivity index is 1.64. The molecule has 4 nitrogen and oxygen atoms in total. The van der Waals surface area contributed by atoms with Crippen LogP contribution in [-0.2, 0) is 22.4 Å². The van der Waals surface area contributed by atoms with Gasteiger partial charge in [0, 0.05) is 31.3 Å². The summed E-state index contributed by atoms with van der Waals surface area (Å²) in [6, 6.07) is 12.1. The smallest absolute Gasteiger partial charge is 0.224 e. The highest BCUT2D eigenvalue weighted by Crippen LogP contribution is 2.30. The number of hydrogen-bond donors (Lipinski definition) is 1. The SMILES string of the molecule is CC(=O)N1CCc2ccc(NC(=O)CCc3ccccc3F)cc21. The fourth-order valence-electron chi connectivity index (χ4n) is 2.96. The molecular formula is C19H19FN2O2. The van der Waals surface area contributed by atoms with Crippen molar-refractivity contribution in [2.45, 2.75) is 26.2 Å². The number of amides is 2. The number of nitrogens with one attached hydrogen (secondary N) is 1. The fraction of sp³-hybridized carbons (Fsp3) is 0.263. The zero-order valence-electron chi connectivity index (χ0n) is 13.5. The summed E-state index contributed by atoms with van der Waals surface area (Å²) in [5.41, 5.74) is 3.15. The second kappa shape index (κ2) is 6.83. The normalized spacial score (nSPS) is 12.8. The van der Waals surface area contributed by atoms with Crippen LogP contribution in [0.4, 0.5) is 15.8 Å². The summed E-state index contributed by atoms with van der Waals surface area (Å²) >= 11 is 0. The lowest BCUT2D eigenvalue weighted by Crippen LogP contribution is -2.25. The quantitative estimate of drug-likeness (QED) is 0.937. The molecule has 1 N–H and O–H groups in total. The van der Waals surface area contributed by atoms with Crippen LogP contribution in [0.25, 0.3) is 0 Å². The predicted molar refractivity (Wildman–Crippen MR) is 91.5 cm³/mol. The Morgan fingerprint density at radius 1 is 1.21 bits per heavy atom. The third-order valence-corrected chi connectivity index (χ3v) is 4.22. The van der Waals surface area contributed by atoms with Gasteiger partial charge in [0.25, 0.3) is 0 Å². The summed E-state index contributed by atoms with van der Waals surface area (Å²) in [5, 5.41) is 2.82. The molecule has 0 saturated heterocycles. The number of rotatable bonds is 4. The van der Waals surface area contributed by atoms with Gasteiger partial charge in [-0.2, -0.15) is 0 Å². The molecule has 1 aliphatic rings. The molecule has 0 radical (unpaired) electrons. The van der Waals surface area contributed by atoms with Crippen molar-refractivity contribution in [3.05, 3.63) is 59.4 Å². The van der Waals surface area contributed by atoms with Crippen molar-refractivity contribution in [2.75, 3.05) is 16.8 Å². The van der Waals surface area contributed by atoms with E-state index in [4.69, 9.17) is 0 Å². The van der Waals surface area contributed by atoms with E-state index in [-0.39, 0.29) is 24.1 Å². The van der Waals surface area contributed by atoms with Crippen molar-refractivity contribution in [1.29, 1.82) is 0 Å². The highest BCUT2D eigenvalue weighted by atomic mass is 19.1. The first-order valence-corrected chi connectivity index (χ1v) is 7.99. The molecule has 0 unspecified atom stereocenters. The molecular weight excluding hydrogens is 307 g/mol. The zero-order valence-corrected chi connectivity index (χ0v) is 13.5. The number of fused-ring (bicyclic) bond motifs is 1. The van der Waals surface area contributed by atoms with E-state index in [1.165, 1.54) is 13.0 Å². The lowest BCUT2D eigenvalue weighted by molar-refractivity contribution is -0.117. The van der Waals surface area contributed by atoms with E-state index < -0.39 is 0 Å². The first kappa shape index (κ1) is 16.2. The molecule has 2 amide bonds. The van der Waals surface area contributed by atoms with Crippen LogP contribution in [0.1, 0.15) is 24.5 Å². The highest BCUT2D eigenvalue weighted by molar-refractivity contribution is 5.96. The van der Waals surface area contributed by atoms with Gasteiger partial charge in [-0.3, -0.25) is 9.59 Å². The summed E-state index contributed by atoms with van der Waals surface area (Å²) in [5.74, 6) is -0.470. The van der Waals surface area contributed by atoms with Crippen LogP contribution < -0.4 is 10.2 Å². The van der Waals surface area contributed by atoms with Crippen LogP contribution >= 0.6 is 0 Å². The van der Waals surface area contributed by atoms with E-state index in [2.05, 4.69) is 5.32 Å². The van der Waals surface area contributed by atoms with E-state index in [1.54, 1.807) is 23.1 Å². The molecule has 0 spiro atoms. The van der Waals surface area contributed by atoms with Crippen LogP contribution in [0.2, 0.25) is 0 Å². The number of anilines is 2. The second-order valence-corrected chi connectivity index (χ2v) is 5.90. The van der Waals surface area contributed by atoms with Crippen molar-refractivity contribution >= 4 is 23.2 Å². The third-order valence-electron chi connectivity index (χ3n) is 4.22. The molecule has 1 aliphatic heterocycles. The van der Waals surface area contributed by atoms with Gasteiger partial charge < -0.3 is 10.2 Å². The number of nitrogens with zero attached hydrogens (tertiary/aromatic N) is 1. The number of carbonyl (C=O) groups excluding carboxylic acids is 2. The third kappa shape index (κ3) is 3.45. The summed E-state index contributed by atoms with van der Waals surface area (Å²) in [6.45, 7) is 2.21. The Bertz CT molecular complexity index is 789. The molecule has 0 aliphatic carbocycles. The van der Waals surface area contributed by atoms with E-state index in [1.807, 2.05) is 18.2 Å². The van der Waals surface area contributed by atoms with Gasteiger partial charge in [0.15, 0.2) is 0 Å². The number of halogens is 1. The van der Waals surface area contributed by atoms with Crippen LogP contribution in [-0.4, -0.2) is 18.4 Å². The van der Waals surface area contributed by atoms with Crippen molar-refractivity contribution in [1.82, 2.24) is 0 Å². The van der Waals surface area contributed by atoms with Crippen molar-refractivity contribution in [3.8, 4) is 0 Å². The number of carbonyl (C=O) groups is 2. The largest absolute Gasteiger partial charge is 0.326 e. The average Bonchev–Trinajstić information content (AvgIpc) is 2.97. The van der Waals surface area contributed by atoms with Crippen LogP contribution in [0.3, 0.4) is 0 Å². The summed E-state index contributed by atoms with van der Waals surface area (Å²) in [4.78, 5) is 25.4. The molecule has 2 aromatic carbocycles. The predicted octanol–water partition coefficient (Wildman–Crippen LogP) is 3.31. The molecule has 2 aromatic rings. The Kier molecular flexibility index (Phi) is 4.60. The Hall–Kier alpha value is -2.69. The maximum atomic E-state index is 13.6. The molecule has 0 atom stereocenters. The minimum absolute atomic E-state index is 0.00298. The average molecular weight is 326 g/mol. The summed E-state index contributed by atoms with van der Waals surface area (Å²) < 4.78 is 13.6. The first-order chi connectivity index (χ1) is 11.5. The van der Waals surface area contributed by atoms with Crippen LogP contribution in [0.15, 0.2) is 42.5 Å². The van der Waals surface area contributed by atoms with Gasteiger partial charge >= 0.3 is 0 Å². The topological polar surface area (TPSA) is 49.4 Å². The summed E-state index contributed by atoms with van der Waals surface area (Å²) in [6.07, 6.45) is 1.38. The lowest BCUT2D eigenvalue weighted by atomic mass is 10.1. The molecule has 1 heterocycles. The molecule has 24 heavy (non-hydrogen) atoms. The fourth-order valence-corrected chi connectivity index (χ4v) is 2.96. The molecule has 0 bridgehead atoms. The van der Waals surface area contributed by atoms with Crippen LogP contribution in [0, 0.1) is 5.82 Å². The Morgan fingerprint density at radius 2 is 2.00 bits per heavy atom. The van der Waals surface area contributed by atoms with E-state index in [0.29, 0.717) is 24.2 Å². The van der Waals surface area contributed by atoms with Crippen molar-refractivity contribution in [3.63, 3.8) is 0 Å². The highest BCUT2D eigenvalue weighted by Gasteiger charge is 2.22. The minimum Gasteiger partial charge on any atom is -0.326 e. The van der Waals surface area contributed by atoms with Gasteiger partial charge in [0.1, 0.15) is 5.82 Å². The summed E-state index contributed by atoms with van der Waals surface area (Å²) in [7, 11) is 0. The Morgan fingerprint density at radius 3 is 2.75 bits per heavy atom. The lowest BCUT2D eigenvalue weighted by Gasteiger charge is -2.16. The van der Waals surface area contributed by atoms with Gasteiger partial charge in [-0.25, -0.2) is 4.39 Å². The van der Waals surface area contributed by atoms with E-state index >= 15 is 0 Å². The van der Waals surface area contributed by atoms with Gasteiger partial charge in [-0.05, 0) is 42.2 Å². The standard InChI is InChI=1S/C19H19FN2O2/c1-13(23)22-11-10-15-6-8-16(12-18(15)22)21-19(24)9-7-14-4-2-3-5-17(14)20/h2-6,8,12H,7,9-11H2,1H3,(H,21,24). The number of aryl methyl sites for hydroxylation is 1. The maximum Gasteiger partial charge on any atom is 0.224 e. The Labute approximate surface area is 140 Å². The van der Waals surface area contributed by atoms with E-state index in [9.17, 15) is 14.0 Å². The monoisotopic (exact) mass is 326 g/mol. The van der Waals surface area contributed by atoms with Gasteiger partial charge in [0.2, 0.25) is 11.8 Å². The number of benzene rings is 2. The number of hydrogen-bond acceptors (Lipinski definition) is 2. The van der Waals surface area contributed by atoms with E-state index in [0.717, 1.165) is 17.7 Å². The van der Waals surface area contributed by atoms with Crippen molar-refractivity contribution < 1.29 is 14.0 Å². The maximum absolute atomic E-state index is 13.6. The minimum atomic E-state index is -0.292. The first-order valence-electron chi connectivity index (χ1n) is 7.99. The molecule has 3 rings (SSSR count). The molecule has 0 saturated carbocycles. The van der Waals surface area contributed by atoms with Gasteiger partial charge in [-0.15, -0.1) is 0 Å². The molecule has 124 valence electrons. The van der Waals surface area contributed by atoms with Crippen LogP contribution in [0.5, 0.6) is 0 Å². The molecule has 0 aromatic heterocycles. The second-order valence-electron chi connectivity index (χ2n) is 5.90.